The van der Waals surface area contributed by atoms with Crippen LogP contribution in [0.1, 0.15) is 66.0 Å². The van der Waals surface area contributed by atoms with Gasteiger partial charge >= 0.3 is 6.03 Å². The second kappa shape index (κ2) is 9.85. The Balaban J connectivity index is 1.35. The van der Waals surface area contributed by atoms with Gasteiger partial charge < -0.3 is 24.3 Å². The minimum Gasteiger partial charge on any atom is -0.331 e. The minimum absolute atomic E-state index is 0.121. The fourth-order valence-corrected chi connectivity index (χ4v) is 5.05. The molecule has 3 amide bonds. The van der Waals surface area contributed by atoms with Gasteiger partial charge in [0.2, 0.25) is 0 Å². The van der Waals surface area contributed by atoms with Gasteiger partial charge in [-0.1, -0.05) is 6.07 Å². The summed E-state index contributed by atoms with van der Waals surface area (Å²) in [7, 11) is 3.38. The van der Waals surface area contributed by atoms with E-state index in [1.54, 1.807) is 49.8 Å². The maximum Gasteiger partial charge on any atom is 0.320 e. The predicted octanol–water partition coefficient (Wildman–Crippen LogP) is 4.37. The number of urea groups is 1. The van der Waals surface area contributed by atoms with Crippen LogP contribution in [0.25, 0.3) is 17.2 Å². The van der Waals surface area contributed by atoms with Crippen molar-refractivity contribution in [3.8, 4) is 17.2 Å². The molecule has 1 aromatic carbocycles. The molecule has 3 aromatic heterocycles. The number of nitrogens with one attached hydrogen (secondary N) is 1. The normalized spacial score (nSPS) is 14.5. The molecule has 1 aliphatic carbocycles. The number of benzene rings is 1. The topological polar surface area (TPSA) is 114 Å². The van der Waals surface area contributed by atoms with E-state index in [9.17, 15) is 9.59 Å². The zero-order valence-electron chi connectivity index (χ0n) is 22.8. The van der Waals surface area contributed by atoms with Crippen LogP contribution in [0.5, 0.6) is 0 Å². The molecule has 12 heteroatoms. The summed E-state index contributed by atoms with van der Waals surface area (Å²) in [5.74, 6) is -0.132. The van der Waals surface area contributed by atoms with Crippen molar-refractivity contribution >= 4 is 17.8 Å². The second-order valence-corrected chi connectivity index (χ2v) is 10.7. The lowest BCUT2D eigenvalue weighted by Gasteiger charge is -2.25. The summed E-state index contributed by atoms with van der Waals surface area (Å²) in [5.41, 5.74) is 3.47. The highest BCUT2D eigenvalue weighted by Gasteiger charge is 2.34. The van der Waals surface area contributed by atoms with E-state index in [0.717, 1.165) is 24.2 Å². The number of pyridine rings is 1. The van der Waals surface area contributed by atoms with Gasteiger partial charge in [0, 0.05) is 26.1 Å². The summed E-state index contributed by atoms with van der Waals surface area (Å²) in [6.45, 7) is 4.57. The van der Waals surface area contributed by atoms with Crippen LogP contribution in [-0.4, -0.2) is 65.1 Å². The highest BCUT2D eigenvalue weighted by atomic mass is 19.1. The number of carbonyl (C=O) groups is 2. The molecule has 1 aliphatic heterocycles. The number of rotatable bonds is 5. The zero-order valence-corrected chi connectivity index (χ0v) is 22.8. The Bertz CT molecular complexity index is 1620. The average Bonchev–Trinajstić information content (AvgIpc) is 3.53. The Kier molecular flexibility index (Phi) is 6.32. The smallest absolute Gasteiger partial charge is 0.320 e. The number of hydrogen-bond donors (Lipinski definition) is 1. The first-order chi connectivity index (χ1) is 19.2. The number of halogens is 1. The van der Waals surface area contributed by atoms with Crippen LogP contribution in [0.3, 0.4) is 0 Å². The zero-order chi connectivity index (χ0) is 28.1. The largest absolute Gasteiger partial charge is 0.331 e. The molecule has 4 aromatic rings. The molecule has 1 N–H and O–H groups in total. The first-order valence-corrected chi connectivity index (χ1v) is 13.2. The van der Waals surface area contributed by atoms with E-state index >= 15 is 4.39 Å². The Hall–Kier alpha value is -4.61. The second-order valence-electron chi connectivity index (χ2n) is 10.7. The number of aromatic nitrogens is 6. The molecule has 40 heavy (non-hydrogen) atoms. The van der Waals surface area contributed by atoms with Crippen LogP contribution >= 0.6 is 0 Å². The van der Waals surface area contributed by atoms with Gasteiger partial charge in [-0.25, -0.2) is 19.2 Å². The molecule has 2 aliphatic rings. The number of nitrogens with zero attached hydrogens (tertiary/aromatic N) is 8. The van der Waals surface area contributed by atoms with E-state index in [-0.39, 0.29) is 30.0 Å². The summed E-state index contributed by atoms with van der Waals surface area (Å²) in [4.78, 5) is 38.7. The van der Waals surface area contributed by atoms with Crippen LogP contribution in [0.2, 0.25) is 0 Å². The molecule has 1 fully saturated rings. The summed E-state index contributed by atoms with van der Waals surface area (Å²) in [6, 6.07) is 7.98. The van der Waals surface area contributed by atoms with Gasteiger partial charge in [-0.15, -0.1) is 10.2 Å². The van der Waals surface area contributed by atoms with Crippen molar-refractivity contribution in [2.24, 2.45) is 0 Å². The molecule has 0 atom stereocenters. The van der Waals surface area contributed by atoms with Crippen LogP contribution in [0.15, 0.2) is 43.0 Å². The Morgan fingerprint density at radius 2 is 1.93 bits per heavy atom. The van der Waals surface area contributed by atoms with E-state index in [2.05, 4.69) is 25.5 Å². The van der Waals surface area contributed by atoms with Crippen molar-refractivity contribution in [1.29, 1.82) is 0 Å². The number of fused-ring (bicyclic) bond motifs is 3. The van der Waals surface area contributed by atoms with E-state index in [1.165, 1.54) is 17.0 Å². The Morgan fingerprint density at radius 3 is 2.65 bits per heavy atom. The third-order valence-electron chi connectivity index (χ3n) is 7.24. The Labute approximate surface area is 230 Å². The lowest BCUT2D eigenvalue weighted by Crippen LogP contribution is -2.38. The molecule has 0 unspecified atom stereocenters. The van der Waals surface area contributed by atoms with Gasteiger partial charge in [-0.3, -0.25) is 4.79 Å². The molecule has 0 bridgehead atoms. The van der Waals surface area contributed by atoms with Crippen LogP contribution in [-0.2, 0) is 13.1 Å². The maximum atomic E-state index is 15.5. The first kappa shape index (κ1) is 25.7. The van der Waals surface area contributed by atoms with Gasteiger partial charge in [0.1, 0.15) is 23.7 Å². The van der Waals surface area contributed by atoms with Crippen molar-refractivity contribution in [1.82, 2.24) is 39.1 Å². The van der Waals surface area contributed by atoms with Crippen molar-refractivity contribution in [3.05, 3.63) is 71.3 Å². The van der Waals surface area contributed by atoms with Gasteiger partial charge in [0.15, 0.2) is 5.82 Å². The summed E-state index contributed by atoms with van der Waals surface area (Å²) < 4.78 is 19.2. The molecule has 11 nitrogen and oxygen atoms in total. The number of hydrogen-bond acceptors (Lipinski definition) is 6. The Morgan fingerprint density at radius 1 is 1.12 bits per heavy atom. The van der Waals surface area contributed by atoms with Crippen LogP contribution in [0, 0.1) is 5.82 Å². The number of anilines is 1. The van der Waals surface area contributed by atoms with Crippen molar-refractivity contribution in [2.45, 2.75) is 51.7 Å². The molecule has 1 saturated carbocycles. The van der Waals surface area contributed by atoms with Crippen LogP contribution < -0.4 is 5.32 Å². The molecule has 0 saturated heterocycles. The highest BCUT2D eigenvalue weighted by molar-refractivity contribution is 6.04. The lowest BCUT2D eigenvalue weighted by atomic mass is 10.1. The van der Waals surface area contributed by atoms with E-state index in [1.807, 2.05) is 23.0 Å². The SMILES string of the molecule is CC(C)n1cnnc1-c1cccc(NC(=O)c2cc3c(cc2F)CN(C(=O)N(C)C)Cc2c(C4CC4)ncn2-3)n1. The molecule has 4 heterocycles. The standard InChI is InChI=1S/C28H30FN9O2/c1-16(2)37-15-31-34-26(37)21-6-5-7-24(32-21)33-27(39)19-11-22-18(10-20(19)29)12-36(28(40)35(3)4)13-23-25(17-8-9-17)30-14-38(22)23/h5-7,10-11,14-17H,8-9,12-13H2,1-4H3,(H,32,33,39). The molecular formula is C28H30FN9O2. The van der Waals surface area contributed by atoms with Crippen molar-refractivity contribution < 1.29 is 14.0 Å². The number of amides is 3. The lowest BCUT2D eigenvalue weighted by molar-refractivity contribution is 0.102. The van der Waals surface area contributed by atoms with Crippen LogP contribution in [0.4, 0.5) is 15.0 Å². The number of imidazole rings is 1. The fourth-order valence-electron chi connectivity index (χ4n) is 5.05. The third-order valence-corrected chi connectivity index (χ3v) is 7.24. The minimum atomic E-state index is -0.685. The third kappa shape index (κ3) is 4.59. The quantitative estimate of drug-likeness (QED) is 0.400. The molecule has 206 valence electrons. The molecular weight excluding hydrogens is 513 g/mol. The number of carbonyl (C=O) groups excluding carboxylic acids is 2. The molecule has 6 rings (SSSR count). The van der Waals surface area contributed by atoms with Crippen molar-refractivity contribution in [2.75, 3.05) is 19.4 Å². The summed E-state index contributed by atoms with van der Waals surface area (Å²) in [5, 5.41) is 10.9. The van der Waals surface area contributed by atoms with Gasteiger partial charge in [0.25, 0.3) is 5.91 Å². The maximum absolute atomic E-state index is 15.5. The molecule has 0 radical (unpaired) electrons. The van der Waals surface area contributed by atoms with E-state index in [4.69, 9.17) is 0 Å². The van der Waals surface area contributed by atoms with Gasteiger partial charge in [-0.05, 0) is 56.5 Å². The average molecular weight is 544 g/mol. The van der Waals surface area contributed by atoms with Gasteiger partial charge in [-0.2, -0.15) is 0 Å². The highest BCUT2D eigenvalue weighted by Crippen LogP contribution is 2.42. The van der Waals surface area contributed by atoms with Crippen molar-refractivity contribution in [3.63, 3.8) is 0 Å². The van der Waals surface area contributed by atoms with E-state index in [0.29, 0.717) is 35.2 Å². The summed E-state index contributed by atoms with van der Waals surface area (Å²) >= 11 is 0. The monoisotopic (exact) mass is 543 g/mol. The first-order valence-electron chi connectivity index (χ1n) is 13.2. The fraction of sp³-hybridized carbons (Fsp3) is 0.357. The van der Waals surface area contributed by atoms with E-state index < -0.39 is 11.7 Å². The predicted molar refractivity (Wildman–Crippen MR) is 145 cm³/mol. The van der Waals surface area contributed by atoms with Gasteiger partial charge in [0.05, 0.1) is 42.1 Å². The molecule has 0 spiro atoms. The summed E-state index contributed by atoms with van der Waals surface area (Å²) in [6.07, 6.45) is 5.44.